The minimum Gasteiger partial charge on any atom is -0.407 e. The van der Waals surface area contributed by atoms with Crippen molar-refractivity contribution in [1.82, 2.24) is 10.2 Å². The summed E-state index contributed by atoms with van der Waals surface area (Å²) in [4.78, 5) is 1.88. The molecule has 2 heterocycles. The molecule has 0 saturated carbocycles. The molecule has 0 radical (unpaired) electrons. The van der Waals surface area contributed by atoms with Gasteiger partial charge in [0.1, 0.15) is 5.88 Å². The normalized spacial score (nSPS) is 22.0. The summed E-state index contributed by atoms with van der Waals surface area (Å²) in [6.07, 6.45) is -0.190. The van der Waals surface area contributed by atoms with E-state index in [1.54, 1.807) is 0 Å². The van der Waals surface area contributed by atoms with Gasteiger partial charge in [-0.3, -0.25) is 0 Å². The molecular weight excluding hydrogens is 222 g/mol. The van der Waals surface area contributed by atoms with Crippen LogP contribution in [0, 0.1) is 0 Å². The van der Waals surface area contributed by atoms with Gasteiger partial charge in [0.05, 0.1) is 25.9 Å². The van der Waals surface area contributed by atoms with Gasteiger partial charge in [-0.15, -0.1) is 16.7 Å². The molecule has 6 nitrogen and oxygen atoms in total. The maximum Gasteiger partial charge on any atom is 0.318 e. The number of rotatable bonds is 3. The van der Waals surface area contributed by atoms with E-state index < -0.39 is 0 Å². The van der Waals surface area contributed by atoms with Crippen LogP contribution in [0.15, 0.2) is 4.42 Å². The topological polar surface area (TPSA) is 71.6 Å². The number of hydrogen-bond acceptors (Lipinski definition) is 6. The average Bonchev–Trinajstić information content (AvgIpc) is 2.78. The van der Waals surface area contributed by atoms with Gasteiger partial charge in [0.15, 0.2) is 0 Å². The van der Waals surface area contributed by atoms with E-state index in [0.717, 1.165) is 0 Å². The molecule has 1 aromatic rings. The molecule has 1 saturated heterocycles. The lowest BCUT2D eigenvalue weighted by Gasteiger charge is -2.30. The van der Waals surface area contributed by atoms with E-state index in [0.29, 0.717) is 31.6 Å². The largest absolute Gasteiger partial charge is 0.407 e. The van der Waals surface area contributed by atoms with Crippen LogP contribution in [0.2, 0.25) is 0 Å². The van der Waals surface area contributed by atoms with Gasteiger partial charge < -0.3 is 19.2 Å². The molecule has 2 rings (SSSR count). The number of nitrogens with zero attached hydrogens (tertiary/aromatic N) is 3. The van der Waals surface area contributed by atoms with Crippen LogP contribution >= 0.6 is 11.6 Å². The third-order valence-corrected chi connectivity index (χ3v) is 2.41. The van der Waals surface area contributed by atoms with Gasteiger partial charge in [0.2, 0.25) is 5.89 Å². The summed E-state index contributed by atoms with van der Waals surface area (Å²) in [6, 6.07) is 0.437. The third-order valence-electron chi connectivity index (χ3n) is 2.18. The Morgan fingerprint density at radius 2 is 2.40 bits per heavy atom. The Hall–Kier alpha value is -0.850. The Balaban J connectivity index is 2.03. The van der Waals surface area contributed by atoms with Crippen LogP contribution in [0.5, 0.6) is 0 Å². The summed E-state index contributed by atoms with van der Waals surface area (Å²) < 4.78 is 10.6. The molecule has 0 bridgehead atoms. The van der Waals surface area contributed by atoms with Crippen molar-refractivity contribution in [3.63, 3.8) is 0 Å². The van der Waals surface area contributed by atoms with Crippen LogP contribution in [-0.4, -0.2) is 47.7 Å². The molecule has 0 aromatic carbocycles. The zero-order valence-corrected chi connectivity index (χ0v) is 8.85. The SMILES string of the molecule is OCC1CN(c2nnc(CCl)o2)CCO1. The molecule has 15 heavy (non-hydrogen) atoms. The molecular formula is C8H12ClN3O3. The minimum absolute atomic E-state index is 0.00694. The Bertz CT molecular complexity index is 320. The van der Waals surface area contributed by atoms with Gasteiger partial charge in [-0.1, -0.05) is 5.10 Å². The standard InChI is InChI=1S/C8H12ClN3O3/c9-3-7-10-11-8(15-7)12-1-2-14-6(4-12)5-13/h6,13H,1-5H2. The van der Waals surface area contributed by atoms with Crippen LogP contribution in [-0.2, 0) is 10.6 Å². The molecule has 7 heteroatoms. The number of aliphatic hydroxyl groups is 1. The van der Waals surface area contributed by atoms with Crippen molar-refractivity contribution in [3.05, 3.63) is 5.89 Å². The van der Waals surface area contributed by atoms with Crippen molar-refractivity contribution >= 4 is 17.6 Å². The number of aromatic nitrogens is 2. The Labute approximate surface area is 91.8 Å². The second kappa shape index (κ2) is 4.78. The predicted molar refractivity (Wildman–Crippen MR) is 52.9 cm³/mol. The molecule has 0 aliphatic carbocycles. The van der Waals surface area contributed by atoms with Crippen LogP contribution < -0.4 is 4.90 Å². The number of aliphatic hydroxyl groups excluding tert-OH is 1. The highest BCUT2D eigenvalue weighted by atomic mass is 35.5. The van der Waals surface area contributed by atoms with Crippen LogP contribution in [0.25, 0.3) is 0 Å². The molecule has 1 unspecified atom stereocenters. The van der Waals surface area contributed by atoms with E-state index in [1.165, 1.54) is 0 Å². The molecule has 1 fully saturated rings. The predicted octanol–water partition coefficient (Wildman–Crippen LogP) is 0.00590. The minimum atomic E-state index is -0.190. The zero-order valence-electron chi connectivity index (χ0n) is 8.10. The fourth-order valence-corrected chi connectivity index (χ4v) is 1.54. The first-order valence-corrected chi connectivity index (χ1v) is 5.22. The van der Waals surface area contributed by atoms with Crippen LogP contribution in [0.3, 0.4) is 0 Å². The average molecular weight is 234 g/mol. The Morgan fingerprint density at radius 1 is 1.53 bits per heavy atom. The summed E-state index contributed by atoms with van der Waals surface area (Å²) in [5.74, 6) is 0.611. The maximum absolute atomic E-state index is 8.97. The summed E-state index contributed by atoms with van der Waals surface area (Å²) >= 11 is 5.56. The first-order valence-electron chi connectivity index (χ1n) is 4.69. The summed E-state index contributed by atoms with van der Waals surface area (Å²) in [5.41, 5.74) is 0. The number of halogens is 1. The van der Waals surface area contributed by atoms with E-state index in [-0.39, 0.29) is 18.6 Å². The van der Waals surface area contributed by atoms with Crippen molar-refractivity contribution in [3.8, 4) is 0 Å². The van der Waals surface area contributed by atoms with Crippen molar-refractivity contribution in [2.75, 3.05) is 31.2 Å². The first kappa shape index (κ1) is 10.7. The van der Waals surface area contributed by atoms with Gasteiger partial charge in [0, 0.05) is 6.54 Å². The fourth-order valence-electron chi connectivity index (χ4n) is 1.43. The molecule has 1 aliphatic rings. The third kappa shape index (κ3) is 2.39. The number of hydrogen-bond donors (Lipinski definition) is 1. The number of alkyl halides is 1. The molecule has 0 spiro atoms. The summed E-state index contributed by atoms with van der Waals surface area (Å²) in [6.45, 7) is 1.78. The molecule has 1 atom stereocenters. The Morgan fingerprint density at radius 3 is 3.07 bits per heavy atom. The van der Waals surface area contributed by atoms with E-state index in [4.69, 9.17) is 25.9 Å². The van der Waals surface area contributed by atoms with Gasteiger partial charge in [-0.05, 0) is 0 Å². The quantitative estimate of drug-likeness (QED) is 0.742. The zero-order chi connectivity index (χ0) is 10.7. The van der Waals surface area contributed by atoms with Gasteiger partial charge in [-0.2, -0.15) is 0 Å². The van der Waals surface area contributed by atoms with Gasteiger partial charge >= 0.3 is 6.01 Å². The highest BCUT2D eigenvalue weighted by Gasteiger charge is 2.23. The van der Waals surface area contributed by atoms with Gasteiger partial charge in [-0.25, -0.2) is 0 Å². The molecule has 84 valence electrons. The lowest BCUT2D eigenvalue weighted by atomic mass is 10.3. The summed E-state index contributed by atoms with van der Waals surface area (Å²) in [5, 5.41) is 16.6. The molecule has 0 amide bonds. The number of morpholine rings is 1. The van der Waals surface area contributed by atoms with Gasteiger partial charge in [0.25, 0.3) is 0 Å². The molecule has 1 aliphatic heterocycles. The highest BCUT2D eigenvalue weighted by Crippen LogP contribution is 2.16. The Kier molecular flexibility index (Phi) is 3.40. The maximum atomic E-state index is 8.97. The molecule has 1 aromatic heterocycles. The lowest BCUT2D eigenvalue weighted by Crippen LogP contribution is -2.44. The van der Waals surface area contributed by atoms with E-state index >= 15 is 0 Å². The van der Waals surface area contributed by atoms with Crippen LogP contribution in [0.1, 0.15) is 5.89 Å². The van der Waals surface area contributed by atoms with E-state index in [9.17, 15) is 0 Å². The van der Waals surface area contributed by atoms with Crippen molar-refractivity contribution < 1.29 is 14.3 Å². The van der Waals surface area contributed by atoms with E-state index in [1.807, 2.05) is 4.90 Å². The van der Waals surface area contributed by atoms with Crippen molar-refractivity contribution in [1.29, 1.82) is 0 Å². The van der Waals surface area contributed by atoms with Crippen molar-refractivity contribution in [2.45, 2.75) is 12.0 Å². The fraction of sp³-hybridized carbons (Fsp3) is 0.750. The van der Waals surface area contributed by atoms with Crippen LogP contribution in [0.4, 0.5) is 6.01 Å². The second-order valence-corrected chi connectivity index (χ2v) is 3.50. The first-order chi connectivity index (χ1) is 7.33. The van der Waals surface area contributed by atoms with E-state index in [2.05, 4.69) is 10.2 Å². The highest BCUT2D eigenvalue weighted by molar-refractivity contribution is 6.16. The number of anilines is 1. The second-order valence-electron chi connectivity index (χ2n) is 3.23. The van der Waals surface area contributed by atoms with Crippen molar-refractivity contribution in [2.24, 2.45) is 0 Å². The summed E-state index contributed by atoms with van der Waals surface area (Å²) in [7, 11) is 0. The smallest absolute Gasteiger partial charge is 0.318 e. The lowest BCUT2D eigenvalue weighted by molar-refractivity contribution is 0.00225. The molecule has 1 N–H and O–H groups in total. The number of ether oxygens (including phenoxy) is 1. The monoisotopic (exact) mass is 233 g/mol.